The Morgan fingerprint density at radius 1 is 1.19 bits per heavy atom. The maximum Gasteiger partial charge on any atom is 0.323 e. The van der Waals surface area contributed by atoms with Crippen LogP contribution in [0.15, 0.2) is 0 Å². The normalized spacial score (nSPS) is 19.3. The van der Waals surface area contributed by atoms with E-state index >= 15 is 0 Å². The molecule has 1 rings (SSSR count). The summed E-state index contributed by atoms with van der Waals surface area (Å²) in [5.41, 5.74) is 0. The number of hydrogen-bond donors (Lipinski definition) is 0. The third-order valence-electron chi connectivity index (χ3n) is 4.12. The summed E-state index contributed by atoms with van der Waals surface area (Å²) in [5.74, 6) is 0.108. The number of carbonyl (C=O) groups excluding carboxylic acids is 2. The quantitative estimate of drug-likeness (QED) is 0.644. The Bertz CT molecular complexity index is 329. The molecule has 0 bridgehead atoms. The predicted molar refractivity (Wildman–Crippen MR) is 83.0 cm³/mol. The van der Waals surface area contributed by atoms with Crippen LogP contribution in [0.5, 0.6) is 0 Å². The van der Waals surface area contributed by atoms with Gasteiger partial charge in [-0.15, -0.1) is 0 Å². The standard InChI is InChI=1S/C16H30N2O3/c1-4-17(5-2)15(19)11-9-13-18-12-8-7-10-14(18)16(20)21-6-3/h14H,4-13H2,1-3H3. The van der Waals surface area contributed by atoms with Crippen LogP contribution < -0.4 is 0 Å². The number of nitrogens with zero attached hydrogens (tertiary/aromatic N) is 2. The van der Waals surface area contributed by atoms with Crippen molar-refractivity contribution in [2.45, 2.75) is 58.9 Å². The summed E-state index contributed by atoms with van der Waals surface area (Å²) in [6.07, 6.45) is 4.46. The van der Waals surface area contributed by atoms with Gasteiger partial charge in [0.05, 0.1) is 6.61 Å². The van der Waals surface area contributed by atoms with Crippen molar-refractivity contribution in [1.29, 1.82) is 0 Å². The topological polar surface area (TPSA) is 49.9 Å². The van der Waals surface area contributed by atoms with Gasteiger partial charge in [-0.25, -0.2) is 0 Å². The van der Waals surface area contributed by atoms with Gasteiger partial charge < -0.3 is 9.64 Å². The van der Waals surface area contributed by atoms with E-state index in [1.807, 2.05) is 25.7 Å². The van der Waals surface area contributed by atoms with Gasteiger partial charge in [-0.1, -0.05) is 6.42 Å². The van der Waals surface area contributed by atoms with Crippen molar-refractivity contribution in [2.24, 2.45) is 0 Å². The van der Waals surface area contributed by atoms with Crippen molar-refractivity contribution in [1.82, 2.24) is 9.80 Å². The highest BCUT2D eigenvalue weighted by molar-refractivity contribution is 5.76. The molecular weight excluding hydrogens is 268 g/mol. The molecule has 5 nitrogen and oxygen atoms in total. The molecule has 1 atom stereocenters. The fourth-order valence-corrected chi connectivity index (χ4v) is 2.93. The van der Waals surface area contributed by atoms with E-state index in [-0.39, 0.29) is 17.9 Å². The van der Waals surface area contributed by atoms with Crippen molar-refractivity contribution >= 4 is 11.9 Å². The maximum absolute atomic E-state index is 12.0. The number of likely N-dealkylation sites (tertiary alicyclic amines) is 1. The Kier molecular flexibility index (Phi) is 8.35. The molecule has 0 aromatic carbocycles. The Morgan fingerprint density at radius 2 is 1.90 bits per heavy atom. The number of ether oxygens (including phenoxy) is 1. The molecule has 0 aliphatic carbocycles. The van der Waals surface area contributed by atoms with Crippen LogP contribution in [0, 0.1) is 0 Å². The molecule has 0 spiro atoms. The average molecular weight is 298 g/mol. The maximum atomic E-state index is 12.0. The van der Waals surface area contributed by atoms with Gasteiger partial charge in [-0.2, -0.15) is 0 Å². The van der Waals surface area contributed by atoms with E-state index in [1.54, 1.807) is 0 Å². The largest absolute Gasteiger partial charge is 0.465 e. The second kappa shape index (κ2) is 9.77. The second-order valence-electron chi connectivity index (χ2n) is 5.47. The number of amides is 1. The molecule has 1 saturated heterocycles. The number of hydrogen-bond acceptors (Lipinski definition) is 4. The summed E-state index contributed by atoms with van der Waals surface area (Å²) in [6.45, 7) is 9.55. The number of rotatable bonds is 8. The molecular formula is C16H30N2O3. The third kappa shape index (κ3) is 5.65. The van der Waals surface area contributed by atoms with Gasteiger partial charge in [0.1, 0.15) is 6.04 Å². The van der Waals surface area contributed by atoms with Crippen molar-refractivity contribution in [2.75, 3.05) is 32.8 Å². The highest BCUT2D eigenvalue weighted by atomic mass is 16.5. The molecule has 1 aliphatic heterocycles. The molecule has 1 amide bonds. The summed E-state index contributed by atoms with van der Waals surface area (Å²) in [4.78, 5) is 28.0. The molecule has 21 heavy (non-hydrogen) atoms. The van der Waals surface area contributed by atoms with Crippen LogP contribution in [-0.2, 0) is 14.3 Å². The van der Waals surface area contributed by atoms with Crippen molar-refractivity contribution in [3.05, 3.63) is 0 Å². The zero-order chi connectivity index (χ0) is 15.7. The first-order valence-corrected chi connectivity index (χ1v) is 8.32. The number of piperidine rings is 1. The second-order valence-corrected chi connectivity index (χ2v) is 5.47. The first-order chi connectivity index (χ1) is 10.1. The van der Waals surface area contributed by atoms with Crippen LogP contribution in [0.4, 0.5) is 0 Å². The van der Waals surface area contributed by atoms with Crippen LogP contribution in [0.1, 0.15) is 52.9 Å². The molecule has 0 saturated carbocycles. The van der Waals surface area contributed by atoms with E-state index in [2.05, 4.69) is 4.90 Å². The summed E-state index contributed by atoms with van der Waals surface area (Å²) >= 11 is 0. The first-order valence-electron chi connectivity index (χ1n) is 8.32. The van der Waals surface area contributed by atoms with E-state index in [0.717, 1.165) is 51.9 Å². The van der Waals surface area contributed by atoms with E-state index in [9.17, 15) is 9.59 Å². The highest BCUT2D eigenvalue weighted by Crippen LogP contribution is 2.19. The number of carbonyl (C=O) groups is 2. The summed E-state index contributed by atoms with van der Waals surface area (Å²) in [5, 5.41) is 0. The molecule has 0 N–H and O–H groups in total. The SMILES string of the molecule is CCOC(=O)C1CCCCN1CCCC(=O)N(CC)CC. The summed E-state index contributed by atoms with van der Waals surface area (Å²) in [7, 11) is 0. The third-order valence-corrected chi connectivity index (χ3v) is 4.12. The molecule has 0 aromatic rings. The van der Waals surface area contributed by atoms with Crippen LogP contribution in [0.3, 0.4) is 0 Å². The average Bonchev–Trinajstić information content (AvgIpc) is 2.49. The summed E-state index contributed by atoms with van der Waals surface area (Å²) in [6, 6.07) is -0.109. The molecule has 1 aliphatic rings. The molecule has 0 aromatic heterocycles. The Balaban J connectivity index is 2.40. The fourth-order valence-electron chi connectivity index (χ4n) is 2.93. The molecule has 1 fully saturated rings. The van der Waals surface area contributed by atoms with E-state index in [1.165, 1.54) is 0 Å². The van der Waals surface area contributed by atoms with E-state index in [4.69, 9.17) is 4.74 Å². The predicted octanol–water partition coefficient (Wildman–Crippen LogP) is 2.05. The van der Waals surface area contributed by atoms with E-state index in [0.29, 0.717) is 13.0 Å². The van der Waals surface area contributed by atoms with Crippen LogP contribution >= 0.6 is 0 Å². The summed E-state index contributed by atoms with van der Waals surface area (Å²) < 4.78 is 5.16. The smallest absolute Gasteiger partial charge is 0.323 e. The van der Waals surface area contributed by atoms with Gasteiger partial charge >= 0.3 is 5.97 Å². The Morgan fingerprint density at radius 3 is 2.52 bits per heavy atom. The lowest BCUT2D eigenvalue weighted by Crippen LogP contribution is -2.46. The van der Waals surface area contributed by atoms with Crippen LogP contribution in [0.2, 0.25) is 0 Å². The van der Waals surface area contributed by atoms with Crippen LogP contribution in [0.25, 0.3) is 0 Å². The zero-order valence-corrected chi connectivity index (χ0v) is 13.8. The molecule has 1 heterocycles. The lowest BCUT2D eigenvalue weighted by Gasteiger charge is -2.34. The molecule has 0 radical (unpaired) electrons. The Hall–Kier alpha value is -1.10. The molecule has 1 unspecified atom stereocenters. The van der Waals surface area contributed by atoms with Gasteiger partial charge in [-0.05, 0) is 53.1 Å². The lowest BCUT2D eigenvalue weighted by atomic mass is 10.0. The monoisotopic (exact) mass is 298 g/mol. The Labute approximate surface area is 128 Å². The fraction of sp³-hybridized carbons (Fsp3) is 0.875. The van der Waals surface area contributed by atoms with Gasteiger partial charge in [-0.3, -0.25) is 14.5 Å². The molecule has 122 valence electrons. The van der Waals surface area contributed by atoms with Crippen molar-refractivity contribution in [3.63, 3.8) is 0 Å². The van der Waals surface area contributed by atoms with E-state index < -0.39 is 0 Å². The van der Waals surface area contributed by atoms with Gasteiger partial charge in [0.25, 0.3) is 0 Å². The van der Waals surface area contributed by atoms with Gasteiger partial charge in [0.2, 0.25) is 5.91 Å². The highest BCUT2D eigenvalue weighted by Gasteiger charge is 2.29. The van der Waals surface area contributed by atoms with Gasteiger partial charge in [0.15, 0.2) is 0 Å². The van der Waals surface area contributed by atoms with Crippen LogP contribution in [-0.4, -0.2) is 60.5 Å². The molecule has 5 heteroatoms. The minimum atomic E-state index is -0.109. The zero-order valence-electron chi connectivity index (χ0n) is 13.8. The lowest BCUT2D eigenvalue weighted by molar-refractivity contribution is -0.150. The minimum Gasteiger partial charge on any atom is -0.465 e. The first kappa shape index (κ1) is 18.0. The van der Waals surface area contributed by atoms with Gasteiger partial charge in [0, 0.05) is 19.5 Å². The minimum absolute atomic E-state index is 0.104. The van der Waals surface area contributed by atoms with Crippen molar-refractivity contribution < 1.29 is 14.3 Å². The number of esters is 1. The van der Waals surface area contributed by atoms with Crippen molar-refractivity contribution in [3.8, 4) is 0 Å².